The van der Waals surface area contributed by atoms with E-state index in [0.29, 0.717) is 0 Å². The molecule has 1 N–H and O–H groups in total. The first-order valence-electron chi connectivity index (χ1n) is 10.00. The molecule has 0 aromatic carbocycles. The van der Waals surface area contributed by atoms with E-state index in [1.54, 1.807) is 7.05 Å². The fourth-order valence-corrected chi connectivity index (χ4v) is 4.15. The highest BCUT2D eigenvalue weighted by Crippen LogP contribution is 2.36. The van der Waals surface area contributed by atoms with Gasteiger partial charge in [0.05, 0.1) is 31.6 Å². The van der Waals surface area contributed by atoms with Crippen molar-refractivity contribution in [2.24, 2.45) is 0 Å². The number of aromatic nitrogens is 5. The summed E-state index contributed by atoms with van der Waals surface area (Å²) >= 11 is 0. The van der Waals surface area contributed by atoms with Crippen molar-refractivity contribution in [3.63, 3.8) is 0 Å². The maximum Gasteiger partial charge on any atom is 0.281 e. The van der Waals surface area contributed by atoms with Gasteiger partial charge in [-0.05, 0) is 13.1 Å². The Hall–Kier alpha value is -3.55. The molecule has 8 nitrogen and oxygen atoms in total. The lowest BCUT2D eigenvalue weighted by molar-refractivity contribution is 0.00582. The number of methoxy groups -OCH3 is 1. The second kappa shape index (κ2) is 7.75. The molecule has 1 unspecified atom stereocenters. The SMILES string of the molecule is COc1nc(NC2CN(C)CC2(F)F)nn2cc(F)c(-c3cc(F)c4ncc(C(F)F)n4c3)c12. The Kier molecular flexibility index (Phi) is 5.07. The first kappa shape index (κ1) is 22.3. The molecule has 1 saturated heterocycles. The van der Waals surface area contributed by atoms with Crippen molar-refractivity contribution in [3.05, 3.63) is 42.0 Å². The highest BCUT2D eigenvalue weighted by atomic mass is 19.3. The topological polar surface area (TPSA) is 72.0 Å². The number of hydrogen-bond donors (Lipinski definition) is 1. The van der Waals surface area contributed by atoms with E-state index in [1.165, 1.54) is 12.0 Å². The van der Waals surface area contributed by atoms with Crippen LogP contribution in [-0.4, -0.2) is 68.1 Å². The molecule has 5 rings (SSSR count). The van der Waals surface area contributed by atoms with E-state index >= 15 is 4.39 Å². The van der Waals surface area contributed by atoms with Crippen LogP contribution in [0.15, 0.2) is 24.7 Å². The number of likely N-dealkylation sites (N-methyl/N-ethyl adjacent to an activating group) is 1. The van der Waals surface area contributed by atoms with Crippen LogP contribution in [0.1, 0.15) is 12.1 Å². The molecule has 1 aliphatic heterocycles. The maximum atomic E-state index is 15.0. The highest BCUT2D eigenvalue weighted by molar-refractivity contribution is 5.85. The number of likely N-dealkylation sites (tertiary alicyclic amines) is 1. The Morgan fingerprint density at radius 3 is 2.62 bits per heavy atom. The summed E-state index contributed by atoms with van der Waals surface area (Å²) in [5, 5.41) is 6.61. The largest absolute Gasteiger partial charge is 0.479 e. The minimum Gasteiger partial charge on any atom is -0.479 e. The third-order valence-corrected chi connectivity index (χ3v) is 5.64. The molecular formula is C20H17F6N7O. The average molecular weight is 485 g/mol. The number of ether oxygens (including phenoxy) is 1. The molecule has 1 aliphatic rings. The summed E-state index contributed by atoms with van der Waals surface area (Å²) in [6, 6.07) is -0.346. The summed E-state index contributed by atoms with van der Waals surface area (Å²) in [6.45, 7) is -0.423. The van der Waals surface area contributed by atoms with Crippen molar-refractivity contribution < 1.29 is 31.1 Å². The fraction of sp³-hybridized carbons (Fsp3) is 0.350. The number of rotatable bonds is 5. The van der Waals surface area contributed by atoms with E-state index < -0.39 is 42.3 Å². The molecule has 0 bridgehead atoms. The predicted octanol–water partition coefficient (Wildman–Crippen LogP) is 3.63. The Morgan fingerprint density at radius 1 is 1.21 bits per heavy atom. The number of pyridine rings is 1. The second-order valence-electron chi connectivity index (χ2n) is 8.00. The molecule has 5 heterocycles. The van der Waals surface area contributed by atoms with Gasteiger partial charge in [0.1, 0.15) is 17.3 Å². The number of nitrogens with zero attached hydrogens (tertiary/aromatic N) is 6. The standard InChI is InChI=1S/C20H17F6N7O/c1-31-7-13(20(25,26)8-31)28-19-29-18(34-2)15-14(11(22)6-33(15)30-19)9-3-10(21)17-27-4-12(16(23)24)32(17)5-9/h3-6,13,16H,7-8H2,1-2H3,(H,28,30). The van der Waals surface area contributed by atoms with Crippen LogP contribution < -0.4 is 10.1 Å². The Bertz CT molecular complexity index is 1400. The van der Waals surface area contributed by atoms with Gasteiger partial charge in [-0.1, -0.05) is 0 Å². The molecule has 4 aromatic heterocycles. The first-order valence-corrected chi connectivity index (χ1v) is 10.00. The number of hydrogen-bond acceptors (Lipinski definition) is 6. The monoisotopic (exact) mass is 485 g/mol. The van der Waals surface area contributed by atoms with Gasteiger partial charge in [-0.3, -0.25) is 9.30 Å². The predicted molar refractivity (Wildman–Crippen MR) is 108 cm³/mol. The number of imidazole rings is 1. The van der Waals surface area contributed by atoms with Crippen molar-refractivity contribution in [2.45, 2.75) is 18.4 Å². The van der Waals surface area contributed by atoms with Crippen molar-refractivity contribution in [2.75, 3.05) is 32.6 Å². The van der Waals surface area contributed by atoms with Gasteiger partial charge in [0.2, 0.25) is 11.8 Å². The molecule has 14 heteroatoms. The van der Waals surface area contributed by atoms with Gasteiger partial charge in [-0.25, -0.2) is 35.8 Å². The number of fused-ring (bicyclic) bond motifs is 2. The number of anilines is 1. The molecular weight excluding hydrogens is 468 g/mol. The van der Waals surface area contributed by atoms with Gasteiger partial charge in [0.25, 0.3) is 12.3 Å². The Morgan fingerprint density at radius 2 is 1.97 bits per heavy atom. The van der Waals surface area contributed by atoms with E-state index in [2.05, 4.69) is 20.4 Å². The van der Waals surface area contributed by atoms with E-state index in [1.807, 2.05) is 0 Å². The lowest BCUT2D eigenvalue weighted by Crippen LogP contribution is -2.38. The first-order chi connectivity index (χ1) is 16.1. The van der Waals surface area contributed by atoms with Crippen LogP contribution in [-0.2, 0) is 0 Å². The lowest BCUT2D eigenvalue weighted by atomic mass is 10.1. The van der Waals surface area contributed by atoms with Crippen LogP contribution in [0.3, 0.4) is 0 Å². The summed E-state index contributed by atoms with van der Waals surface area (Å²) in [6.07, 6.45) is -0.0622. The zero-order chi connectivity index (χ0) is 24.4. The third kappa shape index (κ3) is 3.48. The van der Waals surface area contributed by atoms with Gasteiger partial charge in [-0.15, -0.1) is 5.10 Å². The van der Waals surface area contributed by atoms with Gasteiger partial charge >= 0.3 is 0 Å². The van der Waals surface area contributed by atoms with Gasteiger partial charge < -0.3 is 10.1 Å². The van der Waals surface area contributed by atoms with Crippen molar-refractivity contribution in [1.29, 1.82) is 0 Å². The van der Waals surface area contributed by atoms with Crippen LogP contribution >= 0.6 is 0 Å². The quantitative estimate of drug-likeness (QED) is 0.436. The molecule has 1 atom stereocenters. The molecule has 0 amide bonds. The van der Waals surface area contributed by atoms with Crippen LogP contribution in [0.2, 0.25) is 0 Å². The fourth-order valence-electron chi connectivity index (χ4n) is 4.15. The van der Waals surface area contributed by atoms with Gasteiger partial charge in [0, 0.05) is 18.3 Å². The molecule has 0 saturated carbocycles. The maximum absolute atomic E-state index is 15.0. The number of halogens is 6. The minimum absolute atomic E-state index is 0.0265. The highest BCUT2D eigenvalue weighted by Gasteiger charge is 2.47. The molecule has 180 valence electrons. The molecule has 0 radical (unpaired) electrons. The van der Waals surface area contributed by atoms with Crippen LogP contribution in [0.4, 0.5) is 32.3 Å². The summed E-state index contributed by atoms with van der Waals surface area (Å²) in [4.78, 5) is 9.16. The van der Waals surface area contributed by atoms with E-state index in [0.717, 1.165) is 33.6 Å². The van der Waals surface area contributed by atoms with Gasteiger partial charge in [0.15, 0.2) is 17.3 Å². The van der Waals surface area contributed by atoms with Crippen LogP contribution in [0.5, 0.6) is 5.88 Å². The second-order valence-corrected chi connectivity index (χ2v) is 8.00. The molecule has 1 fully saturated rings. The molecule has 4 aromatic rings. The van der Waals surface area contributed by atoms with Crippen molar-refractivity contribution in [1.82, 2.24) is 28.9 Å². The zero-order valence-electron chi connectivity index (χ0n) is 17.7. The minimum atomic E-state index is -3.05. The Balaban J connectivity index is 1.64. The zero-order valence-corrected chi connectivity index (χ0v) is 17.7. The van der Waals surface area contributed by atoms with Crippen molar-refractivity contribution in [3.8, 4) is 17.0 Å². The lowest BCUT2D eigenvalue weighted by Gasteiger charge is -2.19. The van der Waals surface area contributed by atoms with E-state index in [9.17, 15) is 22.0 Å². The van der Waals surface area contributed by atoms with E-state index in [-0.39, 0.29) is 40.7 Å². The molecule has 34 heavy (non-hydrogen) atoms. The van der Waals surface area contributed by atoms with Gasteiger partial charge in [-0.2, -0.15) is 4.98 Å². The molecule has 0 aliphatic carbocycles. The van der Waals surface area contributed by atoms with Crippen LogP contribution in [0, 0.1) is 11.6 Å². The summed E-state index contributed by atoms with van der Waals surface area (Å²) in [7, 11) is 2.77. The summed E-state index contributed by atoms with van der Waals surface area (Å²) in [5.74, 6) is -5.30. The molecule has 0 spiro atoms. The van der Waals surface area contributed by atoms with Crippen LogP contribution in [0.25, 0.3) is 22.3 Å². The number of alkyl halides is 4. The number of nitrogens with one attached hydrogen (secondary N) is 1. The third-order valence-electron chi connectivity index (χ3n) is 5.64. The average Bonchev–Trinajstić information content (AvgIpc) is 3.39. The normalized spacial score (nSPS) is 18.4. The van der Waals surface area contributed by atoms with Crippen molar-refractivity contribution >= 4 is 17.1 Å². The van der Waals surface area contributed by atoms with E-state index in [4.69, 9.17) is 4.74 Å². The smallest absolute Gasteiger partial charge is 0.281 e. The summed E-state index contributed by atoms with van der Waals surface area (Å²) in [5.41, 5.74) is -1.28. The Labute approximate surface area is 187 Å². The summed E-state index contributed by atoms with van der Waals surface area (Å²) < 4.78 is 91.8.